The first kappa shape index (κ1) is 9.77. The van der Waals surface area contributed by atoms with E-state index < -0.39 is 0 Å². The fourth-order valence-electron chi connectivity index (χ4n) is 1.17. The normalized spacial score (nSPS) is 15.5. The predicted molar refractivity (Wildman–Crippen MR) is 50.2 cm³/mol. The molecule has 4 heteroatoms. The van der Waals surface area contributed by atoms with Crippen molar-refractivity contribution < 1.29 is 9.53 Å². The lowest BCUT2D eigenvalue weighted by Crippen LogP contribution is -2.20. The van der Waals surface area contributed by atoms with Gasteiger partial charge in [0.05, 0.1) is 12.2 Å². The van der Waals surface area contributed by atoms with Crippen molar-refractivity contribution in [2.24, 2.45) is 5.10 Å². The lowest BCUT2D eigenvalue weighted by atomic mass is 10.1. The molecule has 0 unspecified atom stereocenters. The minimum atomic E-state index is -0.238. The van der Waals surface area contributed by atoms with Gasteiger partial charge in [-0.25, -0.2) is 4.79 Å². The number of carbonyl (C=O) groups is 1. The summed E-state index contributed by atoms with van der Waals surface area (Å²) >= 11 is 0. The molecule has 0 saturated heterocycles. The summed E-state index contributed by atoms with van der Waals surface area (Å²) in [5.41, 5.74) is 4.36. The third-order valence-electron chi connectivity index (χ3n) is 1.83. The molecule has 1 rings (SSSR count). The van der Waals surface area contributed by atoms with E-state index >= 15 is 0 Å². The lowest BCUT2D eigenvalue weighted by molar-refractivity contribution is -0.138. The van der Waals surface area contributed by atoms with Crippen molar-refractivity contribution in [3.8, 4) is 0 Å². The number of ether oxygens (including phenoxy) is 1. The molecule has 4 nitrogen and oxygen atoms in total. The summed E-state index contributed by atoms with van der Waals surface area (Å²) in [5, 5.41) is 3.88. The highest BCUT2D eigenvalue weighted by Crippen LogP contribution is 2.13. The minimum absolute atomic E-state index is 0.238. The van der Waals surface area contributed by atoms with Crippen LogP contribution >= 0.6 is 0 Å². The lowest BCUT2D eigenvalue weighted by Gasteiger charge is -2.14. The maximum Gasteiger partial charge on any atom is 0.336 e. The summed E-state index contributed by atoms with van der Waals surface area (Å²) in [6.07, 6.45) is 3.01. The van der Waals surface area contributed by atoms with Crippen molar-refractivity contribution in [2.45, 2.75) is 26.7 Å². The van der Waals surface area contributed by atoms with E-state index in [1.165, 1.54) is 0 Å². The monoisotopic (exact) mass is 182 g/mol. The van der Waals surface area contributed by atoms with E-state index in [9.17, 15) is 4.79 Å². The summed E-state index contributed by atoms with van der Waals surface area (Å²) in [4.78, 5) is 11.4. The molecule has 0 aromatic carbocycles. The van der Waals surface area contributed by atoms with Gasteiger partial charge in [0.15, 0.2) is 0 Å². The Morgan fingerprint density at radius 3 is 3.08 bits per heavy atom. The zero-order valence-corrected chi connectivity index (χ0v) is 7.96. The van der Waals surface area contributed by atoms with Gasteiger partial charge in [0.25, 0.3) is 0 Å². The van der Waals surface area contributed by atoms with Gasteiger partial charge in [-0.2, -0.15) is 5.10 Å². The van der Waals surface area contributed by atoms with Crippen LogP contribution in [-0.4, -0.2) is 18.8 Å². The smallest absolute Gasteiger partial charge is 0.336 e. The number of nitrogens with one attached hydrogen (secondary N) is 1. The van der Waals surface area contributed by atoms with E-state index in [4.69, 9.17) is 4.74 Å². The van der Waals surface area contributed by atoms with Crippen LogP contribution in [0.25, 0.3) is 0 Å². The zero-order chi connectivity index (χ0) is 9.68. The average molecular weight is 182 g/mol. The van der Waals surface area contributed by atoms with Gasteiger partial charge in [0.1, 0.15) is 0 Å². The second kappa shape index (κ2) is 4.64. The van der Waals surface area contributed by atoms with Gasteiger partial charge in [-0.3, -0.25) is 5.43 Å². The van der Waals surface area contributed by atoms with Crippen LogP contribution in [0.4, 0.5) is 0 Å². The number of hydrogen-bond acceptors (Lipinski definition) is 4. The maximum atomic E-state index is 11.4. The number of allylic oxidation sites excluding steroid dienone is 1. The molecule has 0 atom stereocenters. The molecule has 0 spiro atoms. The molecular formula is C9H14N2O2. The Balaban J connectivity index is 2.73. The fourth-order valence-corrected chi connectivity index (χ4v) is 1.17. The van der Waals surface area contributed by atoms with E-state index in [1.807, 2.05) is 6.92 Å². The Kier molecular flexibility index (Phi) is 3.49. The Labute approximate surface area is 77.7 Å². The van der Waals surface area contributed by atoms with Crippen molar-refractivity contribution >= 4 is 12.2 Å². The number of esters is 1. The Morgan fingerprint density at radius 1 is 1.69 bits per heavy atom. The highest BCUT2D eigenvalue weighted by molar-refractivity contribution is 5.93. The molecule has 1 aliphatic rings. The molecule has 0 amide bonds. The van der Waals surface area contributed by atoms with Crippen molar-refractivity contribution in [1.29, 1.82) is 0 Å². The molecule has 0 saturated carbocycles. The van der Waals surface area contributed by atoms with Crippen molar-refractivity contribution in [3.05, 3.63) is 11.3 Å². The quantitative estimate of drug-likeness (QED) is 0.667. The van der Waals surface area contributed by atoms with Gasteiger partial charge in [-0.15, -0.1) is 0 Å². The van der Waals surface area contributed by atoms with Gasteiger partial charge < -0.3 is 4.74 Å². The van der Waals surface area contributed by atoms with Crippen LogP contribution in [0.2, 0.25) is 0 Å². The standard InChI is InChI=1S/C9H14N2O2/c1-3-8-7(5-6-10-11-8)9(12)13-4-2/h6,11H,3-5H2,1-2H3. The summed E-state index contributed by atoms with van der Waals surface area (Å²) in [5.74, 6) is -0.238. The summed E-state index contributed by atoms with van der Waals surface area (Å²) in [6.45, 7) is 4.19. The van der Waals surface area contributed by atoms with Crippen LogP contribution in [0, 0.1) is 0 Å². The van der Waals surface area contributed by atoms with Gasteiger partial charge >= 0.3 is 5.97 Å². The molecule has 1 N–H and O–H groups in total. The van der Waals surface area contributed by atoms with Gasteiger partial charge in [0, 0.05) is 18.3 Å². The van der Waals surface area contributed by atoms with E-state index in [2.05, 4.69) is 10.5 Å². The number of carbonyl (C=O) groups excluding carboxylic acids is 1. The maximum absolute atomic E-state index is 11.4. The zero-order valence-electron chi connectivity index (χ0n) is 7.96. The van der Waals surface area contributed by atoms with Crippen LogP contribution < -0.4 is 5.43 Å². The van der Waals surface area contributed by atoms with Crippen molar-refractivity contribution in [2.75, 3.05) is 6.61 Å². The third-order valence-corrected chi connectivity index (χ3v) is 1.83. The Morgan fingerprint density at radius 2 is 2.46 bits per heavy atom. The topological polar surface area (TPSA) is 50.7 Å². The van der Waals surface area contributed by atoms with Crippen LogP contribution in [0.1, 0.15) is 26.7 Å². The van der Waals surface area contributed by atoms with Crippen LogP contribution in [0.3, 0.4) is 0 Å². The highest BCUT2D eigenvalue weighted by Gasteiger charge is 2.16. The first-order chi connectivity index (χ1) is 6.29. The second-order valence-electron chi connectivity index (χ2n) is 2.66. The summed E-state index contributed by atoms with van der Waals surface area (Å²) in [7, 11) is 0. The highest BCUT2D eigenvalue weighted by atomic mass is 16.5. The average Bonchev–Trinajstić information content (AvgIpc) is 2.18. The number of hydrogen-bond donors (Lipinski definition) is 1. The van der Waals surface area contributed by atoms with Gasteiger partial charge in [-0.1, -0.05) is 6.92 Å². The fraction of sp³-hybridized carbons (Fsp3) is 0.556. The first-order valence-electron chi connectivity index (χ1n) is 4.46. The summed E-state index contributed by atoms with van der Waals surface area (Å²) in [6, 6.07) is 0. The molecule has 0 radical (unpaired) electrons. The molecule has 0 aromatic heterocycles. The van der Waals surface area contributed by atoms with Crippen LogP contribution in [0.15, 0.2) is 16.4 Å². The van der Waals surface area contributed by atoms with E-state index in [-0.39, 0.29) is 5.97 Å². The van der Waals surface area contributed by atoms with Crippen LogP contribution in [-0.2, 0) is 9.53 Å². The molecular weight excluding hydrogens is 168 g/mol. The molecule has 0 fully saturated rings. The Bertz CT molecular complexity index is 256. The molecule has 1 heterocycles. The SMILES string of the molecule is CCOC(=O)C1=C(CC)NN=CC1. The molecule has 0 bridgehead atoms. The summed E-state index contributed by atoms with van der Waals surface area (Å²) < 4.78 is 4.91. The van der Waals surface area contributed by atoms with Gasteiger partial charge in [0.2, 0.25) is 0 Å². The largest absolute Gasteiger partial charge is 0.463 e. The Hall–Kier alpha value is -1.32. The van der Waals surface area contributed by atoms with E-state index in [0.29, 0.717) is 18.6 Å². The number of hydrazone groups is 1. The van der Waals surface area contributed by atoms with Crippen molar-refractivity contribution in [3.63, 3.8) is 0 Å². The predicted octanol–water partition coefficient (Wildman–Crippen LogP) is 1.19. The van der Waals surface area contributed by atoms with Gasteiger partial charge in [-0.05, 0) is 13.3 Å². The minimum Gasteiger partial charge on any atom is -0.463 e. The second-order valence-corrected chi connectivity index (χ2v) is 2.66. The van der Waals surface area contributed by atoms with Crippen LogP contribution in [0.5, 0.6) is 0 Å². The molecule has 13 heavy (non-hydrogen) atoms. The number of rotatable bonds is 3. The van der Waals surface area contributed by atoms with Crippen molar-refractivity contribution in [1.82, 2.24) is 5.43 Å². The molecule has 72 valence electrons. The molecule has 0 aromatic rings. The molecule has 0 aliphatic carbocycles. The van der Waals surface area contributed by atoms with E-state index in [0.717, 1.165) is 12.1 Å². The third kappa shape index (κ3) is 2.31. The number of nitrogens with zero attached hydrogens (tertiary/aromatic N) is 1. The molecule has 1 aliphatic heterocycles. The first-order valence-corrected chi connectivity index (χ1v) is 4.46. The van der Waals surface area contributed by atoms with E-state index in [1.54, 1.807) is 13.1 Å².